The summed E-state index contributed by atoms with van der Waals surface area (Å²) < 4.78 is 1.89. The molecule has 2 aromatic heterocycles. The van der Waals surface area contributed by atoms with Gasteiger partial charge in [0.25, 0.3) is 0 Å². The number of rotatable bonds is 2. The lowest BCUT2D eigenvalue weighted by Crippen LogP contribution is -1.88. The molecule has 0 saturated carbocycles. The summed E-state index contributed by atoms with van der Waals surface area (Å²) in [6.45, 7) is 8.57. The molecule has 0 atom stereocenters. The van der Waals surface area contributed by atoms with Crippen molar-refractivity contribution in [3.8, 4) is 11.3 Å². The Kier molecular flexibility index (Phi) is 2.90. The minimum atomic E-state index is 0.455. The van der Waals surface area contributed by atoms with Gasteiger partial charge in [0, 0.05) is 11.5 Å². The van der Waals surface area contributed by atoms with Crippen molar-refractivity contribution in [2.24, 2.45) is 0 Å². The predicted molar refractivity (Wildman–Crippen MR) is 79.9 cm³/mol. The zero-order valence-electron chi connectivity index (χ0n) is 11.6. The molecule has 0 amide bonds. The molecule has 3 nitrogen and oxygen atoms in total. The van der Waals surface area contributed by atoms with Gasteiger partial charge in [0.15, 0.2) is 0 Å². The molecular formula is C15H17N3S. The van der Waals surface area contributed by atoms with Crippen LogP contribution in [0.1, 0.15) is 35.9 Å². The van der Waals surface area contributed by atoms with Crippen molar-refractivity contribution < 1.29 is 0 Å². The molecule has 0 bridgehead atoms. The first-order chi connectivity index (χ1) is 9.04. The van der Waals surface area contributed by atoms with Gasteiger partial charge in [-0.15, -0.1) is 0 Å². The van der Waals surface area contributed by atoms with E-state index in [0.717, 1.165) is 21.2 Å². The Balaban J connectivity index is 2.05. The first kappa shape index (κ1) is 12.4. The zero-order chi connectivity index (χ0) is 13.6. The van der Waals surface area contributed by atoms with Crippen molar-refractivity contribution in [3.63, 3.8) is 0 Å². The highest BCUT2D eigenvalue weighted by molar-refractivity contribution is 7.16. The third kappa shape index (κ3) is 2.16. The predicted octanol–water partition coefficient (Wildman–Crippen LogP) is 4.20. The summed E-state index contributed by atoms with van der Waals surface area (Å²) in [7, 11) is 0. The van der Waals surface area contributed by atoms with Crippen LogP contribution in [0.3, 0.4) is 0 Å². The van der Waals surface area contributed by atoms with E-state index < -0.39 is 0 Å². The Morgan fingerprint density at radius 3 is 2.58 bits per heavy atom. The maximum atomic E-state index is 4.68. The summed E-state index contributed by atoms with van der Waals surface area (Å²) in [6.07, 6.45) is 2.02. The highest BCUT2D eigenvalue weighted by Gasteiger charge is 2.11. The second kappa shape index (κ2) is 4.46. The van der Waals surface area contributed by atoms with E-state index in [0.29, 0.717) is 5.92 Å². The van der Waals surface area contributed by atoms with Crippen LogP contribution in [-0.2, 0) is 0 Å². The van der Waals surface area contributed by atoms with Crippen LogP contribution in [0.2, 0.25) is 0 Å². The lowest BCUT2D eigenvalue weighted by molar-refractivity contribution is 0.802. The summed E-state index contributed by atoms with van der Waals surface area (Å²) >= 11 is 1.67. The van der Waals surface area contributed by atoms with Crippen molar-refractivity contribution in [2.75, 3.05) is 0 Å². The van der Waals surface area contributed by atoms with Gasteiger partial charge in [-0.1, -0.05) is 37.3 Å². The summed E-state index contributed by atoms with van der Waals surface area (Å²) in [5, 5.41) is 5.70. The standard InChI is InChI=1S/C15H17N3S/c1-9(2)14-17-18-8-13(16-15(18)19-14)12-6-5-10(3)11(4)7-12/h5-9H,1-4H3. The molecule has 0 fully saturated rings. The Morgan fingerprint density at radius 2 is 1.95 bits per heavy atom. The lowest BCUT2D eigenvalue weighted by Gasteiger charge is -2.02. The fraction of sp³-hybridized carbons (Fsp3) is 0.333. The number of fused-ring (bicyclic) bond motifs is 1. The molecule has 19 heavy (non-hydrogen) atoms. The van der Waals surface area contributed by atoms with Gasteiger partial charge >= 0.3 is 0 Å². The van der Waals surface area contributed by atoms with E-state index in [-0.39, 0.29) is 0 Å². The third-order valence-corrected chi connectivity index (χ3v) is 4.58. The van der Waals surface area contributed by atoms with Gasteiger partial charge in [-0.3, -0.25) is 0 Å². The molecule has 4 heteroatoms. The van der Waals surface area contributed by atoms with Crippen LogP contribution in [0, 0.1) is 13.8 Å². The Morgan fingerprint density at radius 1 is 1.16 bits per heavy atom. The average molecular weight is 271 g/mol. The van der Waals surface area contributed by atoms with Crippen LogP contribution < -0.4 is 0 Å². The lowest BCUT2D eigenvalue weighted by atomic mass is 10.1. The largest absolute Gasteiger partial charge is 0.217 e. The van der Waals surface area contributed by atoms with E-state index in [4.69, 9.17) is 0 Å². The highest BCUT2D eigenvalue weighted by atomic mass is 32.1. The van der Waals surface area contributed by atoms with Gasteiger partial charge in [0.05, 0.1) is 11.9 Å². The van der Waals surface area contributed by atoms with E-state index in [1.165, 1.54) is 11.1 Å². The van der Waals surface area contributed by atoms with Gasteiger partial charge in [-0.05, 0) is 31.0 Å². The number of aromatic nitrogens is 3. The minimum Gasteiger partial charge on any atom is -0.217 e. The second-order valence-electron chi connectivity index (χ2n) is 5.25. The molecule has 0 unspecified atom stereocenters. The summed E-state index contributed by atoms with van der Waals surface area (Å²) in [5.41, 5.74) is 4.76. The molecule has 0 N–H and O–H groups in total. The number of aryl methyl sites for hydroxylation is 2. The number of nitrogens with zero attached hydrogens (tertiary/aromatic N) is 3. The first-order valence-corrected chi connectivity index (χ1v) is 7.30. The monoisotopic (exact) mass is 271 g/mol. The van der Waals surface area contributed by atoms with Crippen molar-refractivity contribution in [2.45, 2.75) is 33.6 Å². The van der Waals surface area contributed by atoms with Crippen molar-refractivity contribution in [1.82, 2.24) is 14.6 Å². The van der Waals surface area contributed by atoms with E-state index >= 15 is 0 Å². The molecule has 3 aromatic rings. The fourth-order valence-corrected chi connectivity index (χ4v) is 2.87. The van der Waals surface area contributed by atoms with Gasteiger partial charge in [0.2, 0.25) is 4.96 Å². The molecule has 0 spiro atoms. The summed E-state index contributed by atoms with van der Waals surface area (Å²) in [6, 6.07) is 6.45. The minimum absolute atomic E-state index is 0.455. The van der Waals surface area contributed by atoms with E-state index in [1.807, 2.05) is 10.7 Å². The number of imidazole rings is 1. The first-order valence-electron chi connectivity index (χ1n) is 6.48. The van der Waals surface area contributed by atoms with Crippen LogP contribution in [0.4, 0.5) is 0 Å². The van der Waals surface area contributed by atoms with E-state index in [2.05, 4.69) is 56.0 Å². The fourth-order valence-electron chi connectivity index (χ4n) is 1.99. The van der Waals surface area contributed by atoms with Crippen LogP contribution in [0.15, 0.2) is 24.4 Å². The molecular weight excluding hydrogens is 254 g/mol. The zero-order valence-corrected chi connectivity index (χ0v) is 12.5. The number of hydrogen-bond acceptors (Lipinski definition) is 3. The quantitative estimate of drug-likeness (QED) is 0.699. The summed E-state index contributed by atoms with van der Waals surface area (Å²) in [5.74, 6) is 0.455. The van der Waals surface area contributed by atoms with Crippen LogP contribution in [0.25, 0.3) is 16.2 Å². The van der Waals surface area contributed by atoms with Gasteiger partial charge < -0.3 is 0 Å². The molecule has 0 aliphatic rings. The smallest absolute Gasteiger partial charge is 0.212 e. The van der Waals surface area contributed by atoms with E-state index in [9.17, 15) is 0 Å². The summed E-state index contributed by atoms with van der Waals surface area (Å²) in [4.78, 5) is 5.65. The van der Waals surface area contributed by atoms with Crippen LogP contribution in [0.5, 0.6) is 0 Å². The van der Waals surface area contributed by atoms with E-state index in [1.54, 1.807) is 11.3 Å². The Labute approximate surface area is 116 Å². The van der Waals surface area contributed by atoms with Gasteiger partial charge in [0.1, 0.15) is 5.01 Å². The normalized spacial score (nSPS) is 11.6. The molecule has 0 radical (unpaired) electrons. The Bertz CT molecular complexity index is 706. The molecule has 98 valence electrons. The van der Waals surface area contributed by atoms with Gasteiger partial charge in [-0.25, -0.2) is 9.50 Å². The molecule has 1 aromatic carbocycles. The molecule has 3 rings (SSSR count). The number of benzene rings is 1. The van der Waals surface area contributed by atoms with Crippen molar-refractivity contribution in [1.29, 1.82) is 0 Å². The van der Waals surface area contributed by atoms with Crippen LogP contribution >= 0.6 is 11.3 Å². The maximum Gasteiger partial charge on any atom is 0.212 e. The number of hydrogen-bond donors (Lipinski definition) is 0. The molecule has 0 aliphatic carbocycles. The topological polar surface area (TPSA) is 30.2 Å². The maximum absolute atomic E-state index is 4.68. The molecule has 0 saturated heterocycles. The second-order valence-corrected chi connectivity index (χ2v) is 6.23. The highest BCUT2D eigenvalue weighted by Crippen LogP contribution is 2.26. The SMILES string of the molecule is Cc1ccc(-c2cn3nc(C(C)C)sc3n2)cc1C. The Hall–Kier alpha value is -1.68. The van der Waals surface area contributed by atoms with Gasteiger partial charge in [-0.2, -0.15) is 5.10 Å². The van der Waals surface area contributed by atoms with Crippen molar-refractivity contribution in [3.05, 3.63) is 40.5 Å². The van der Waals surface area contributed by atoms with Crippen molar-refractivity contribution >= 4 is 16.3 Å². The molecule has 2 heterocycles. The van der Waals surface area contributed by atoms with Crippen LogP contribution in [-0.4, -0.2) is 14.6 Å². The third-order valence-electron chi connectivity index (χ3n) is 3.36. The molecule has 0 aliphatic heterocycles. The average Bonchev–Trinajstić information content (AvgIpc) is 2.90.